The van der Waals surface area contributed by atoms with Crippen molar-refractivity contribution >= 4 is 17.1 Å². The molecule has 1 aromatic carbocycles. The molecule has 0 bridgehead atoms. The zero-order chi connectivity index (χ0) is 35.4. The van der Waals surface area contributed by atoms with Gasteiger partial charge in [-0.1, -0.05) is 93.0 Å². The molecule has 1 aliphatic rings. The monoisotopic (exact) mass is 647 g/mol. The fraction of sp³-hybridized carbons (Fsp3) is 0.513. The molecule has 6 nitrogen and oxygen atoms in total. The van der Waals surface area contributed by atoms with Crippen LogP contribution in [0, 0.1) is 20.8 Å². The molecule has 0 radical (unpaired) electrons. The minimum Gasteiger partial charge on any atom is -0.294 e. The maximum absolute atomic E-state index is 11.0. The predicted octanol–water partition coefficient (Wildman–Crippen LogP) is 11.1. The Morgan fingerprint density at radius 2 is 1.59 bits per heavy atom. The average Bonchev–Trinajstić information content (AvgIpc) is 3.66. The van der Waals surface area contributed by atoms with Gasteiger partial charge in [0.05, 0.1) is 21.3 Å². The van der Waals surface area contributed by atoms with Gasteiger partial charge in [-0.25, -0.2) is 15.0 Å². The first-order chi connectivity index (χ1) is 21.9. The van der Waals surface area contributed by atoms with Crippen molar-refractivity contribution < 1.29 is 4.79 Å². The molecule has 0 amide bonds. The second kappa shape index (κ2) is 22.1. The van der Waals surface area contributed by atoms with E-state index in [1.807, 2.05) is 54.5 Å². The van der Waals surface area contributed by atoms with E-state index >= 15 is 0 Å². The van der Waals surface area contributed by atoms with Gasteiger partial charge in [-0.2, -0.15) is 5.10 Å². The molecule has 7 heteroatoms. The lowest BCUT2D eigenvalue weighted by molar-refractivity contribution is 0.102. The summed E-state index contributed by atoms with van der Waals surface area (Å²) in [7, 11) is 0. The third kappa shape index (κ3) is 14.3. The number of carbonyl (C=O) groups is 1. The highest BCUT2D eigenvalue weighted by Gasteiger charge is 2.18. The maximum Gasteiger partial charge on any atom is 0.171 e. The van der Waals surface area contributed by atoms with Gasteiger partial charge in [0.1, 0.15) is 5.82 Å². The molecule has 254 valence electrons. The quantitative estimate of drug-likeness (QED) is 0.163. The molecule has 1 aliphatic heterocycles. The van der Waals surface area contributed by atoms with Gasteiger partial charge in [0, 0.05) is 49.0 Å². The molecule has 0 aliphatic carbocycles. The smallest absolute Gasteiger partial charge is 0.171 e. The van der Waals surface area contributed by atoms with E-state index in [0.29, 0.717) is 0 Å². The number of fused-ring (bicyclic) bond motifs is 1. The molecule has 46 heavy (non-hydrogen) atoms. The summed E-state index contributed by atoms with van der Waals surface area (Å²) in [4.78, 5) is 24.5. The number of hydrogen-bond donors (Lipinski definition) is 0. The molecule has 0 spiro atoms. The number of allylic oxidation sites excluding steroid dienone is 2. The first-order valence-corrected chi connectivity index (χ1v) is 17.7. The van der Waals surface area contributed by atoms with Crippen molar-refractivity contribution in [2.45, 2.75) is 135 Å². The first kappa shape index (κ1) is 42.6. The Kier molecular flexibility index (Phi) is 20.5. The molecule has 5 rings (SSSR count). The molecule has 0 unspecified atom stereocenters. The van der Waals surface area contributed by atoms with Crippen molar-refractivity contribution in [3.63, 3.8) is 0 Å². The Bertz CT molecular complexity index is 1470. The number of hydrogen-bond acceptors (Lipinski definition) is 6. The number of thiazole rings is 1. The molecule has 0 fully saturated rings. The van der Waals surface area contributed by atoms with E-state index in [1.165, 1.54) is 39.3 Å². The third-order valence-corrected chi connectivity index (χ3v) is 8.18. The van der Waals surface area contributed by atoms with Crippen LogP contribution in [-0.4, -0.2) is 30.5 Å². The van der Waals surface area contributed by atoms with E-state index in [2.05, 4.69) is 104 Å². The van der Waals surface area contributed by atoms with E-state index in [0.717, 1.165) is 52.9 Å². The second-order valence-electron chi connectivity index (χ2n) is 11.3. The third-order valence-electron chi connectivity index (χ3n) is 6.65. The largest absolute Gasteiger partial charge is 0.294 e. The van der Waals surface area contributed by atoms with Crippen LogP contribution >= 0.6 is 11.3 Å². The minimum absolute atomic E-state index is 0.0539. The lowest BCUT2D eigenvalue weighted by Gasteiger charge is -2.13. The van der Waals surface area contributed by atoms with Crippen LogP contribution in [0.5, 0.6) is 0 Å². The maximum atomic E-state index is 11.0. The summed E-state index contributed by atoms with van der Waals surface area (Å²) in [6, 6.07) is 10.6. The number of nitrogens with zero attached hydrogens (tertiary/aromatic N) is 5. The summed E-state index contributed by atoms with van der Waals surface area (Å²) >= 11 is 1.49. The molecular formula is C39H61N5OS. The van der Waals surface area contributed by atoms with Gasteiger partial charge in [-0.3, -0.25) is 9.48 Å². The van der Waals surface area contributed by atoms with Crippen LogP contribution in [0.4, 0.5) is 0 Å². The van der Waals surface area contributed by atoms with Gasteiger partial charge in [-0.15, -0.1) is 11.3 Å². The van der Waals surface area contributed by atoms with Crippen LogP contribution in [0.25, 0.3) is 11.3 Å². The molecular weight excluding hydrogens is 587 g/mol. The van der Waals surface area contributed by atoms with Crippen LogP contribution in [0.2, 0.25) is 0 Å². The molecule has 3 aromatic heterocycles. The Morgan fingerprint density at radius 1 is 0.935 bits per heavy atom. The van der Waals surface area contributed by atoms with Crippen molar-refractivity contribution in [1.29, 1.82) is 0 Å². The summed E-state index contributed by atoms with van der Waals surface area (Å²) < 4.78 is 2.13. The van der Waals surface area contributed by atoms with Crippen LogP contribution in [0.3, 0.4) is 0 Å². The van der Waals surface area contributed by atoms with E-state index in [9.17, 15) is 4.79 Å². The average molecular weight is 648 g/mol. The Hall–Kier alpha value is -3.45. The fourth-order valence-corrected chi connectivity index (χ4v) is 5.14. The number of rotatable bonds is 3. The van der Waals surface area contributed by atoms with Crippen molar-refractivity contribution in [2.24, 2.45) is 0 Å². The molecule has 0 saturated heterocycles. The van der Waals surface area contributed by atoms with Crippen LogP contribution in [0.15, 0.2) is 54.4 Å². The van der Waals surface area contributed by atoms with Crippen molar-refractivity contribution in [2.75, 3.05) is 0 Å². The predicted molar refractivity (Wildman–Crippen MR) is 200 cm³/mol. The number of ketones is 1. The molecule has 0 saturated carbocycles. The summed E-state index contributed by atoms with van der Waals surface area (Å²) in [6.45, 7) is 31.4. The normalized spacial score (nSPS) is 11.4. The van der Waals surface area contributed by atoms with Crippen molar-refractivity contribution in [3.8, 4) is 11.3 Å². The van der Waals surface area contributed by atoms with E-state index in [1.54, 1.807) is 19.3 Å². The van der Waals surface area contributed by atoms with Crippen LogP contribution in [0.1, 0.15) is 133 Å². The summed E-state index contributed by atoms with van der Waals surface area (Å²) in [5.74, 6) is 0.915. The zero-order valence-electron chi connectivity index (χ0n) is 31.5. The lowest BCUT2D eigenvalue weighted by Crippen LogP contribution is -2.09. The number of carbonyl (C=O) groups excluding carboxylic acids is 1. The topological polar surface area (TPSA) is 73.6 Å². The minimum atomic E-state index is 0.0539. The Labute approximate surface area is 284 Å². The molecule has 4 heterocycles. The van der Waals surface area contributed by atoms with Crippen molar-refractivity contribution in [1.82, 2.24) is 24.7 Å². The Balaban J connectivity index is 0.000000617. The molecule has 0 N–H and O–H groups in total. The van der Waals surface area contributed by atoms with Gasteiger partial charge >= 0.3 is 0 Å². The van der Waals surface area contributed by atoms with Gasteiger partial charge in [-0.05, 0) is 69.9 Å². The number of Topliss-reactive ketones (excluding diaryl/α,β-unsaturated/α-hetero) is 1. The Morgan fingerprint density at radius 3 is 2.09 bits per heavy atom. The van der Waals surface area contributed by atoms with Gasteiger partial charge < -0.3 is 0 Å². The summed E-state index contributed by atoms with van der Waals surface area (Å²) in [5.41, 5.74) is 8.92. The summed E-state index contributed by atoms with van der Waals surface area (Å²) in [5, 5.41) is 5.45. The highest BCUT2D eigenvalue weighted by atomic mass is 32.1. The highest BCUT2D eigenvalue weighted by Crippen LogP contribution is 2.26. The fourth-order valence-electron chi connectivity index (χ4n) is 4.27. The van der Waals surface area contributed by atoms with Crippen LogP contribution < -0.4 is 0 Å². The van der Waals surface area contributed by atoms with Crippen molar-refractivity contribution in [3.05, 3.63) is 92.6 Å². The van der Waals surface area contributed by atoms with Gasteiger partial charge in [0.15, 0.2) is 5.78 Å². The van der Waals surface area contributed by atoms with E-state index in [-0.39, 0.29) is 11.2 Å². The van der Waals surface area contributed by atoms with Gasteiger partial charge in [0.2, 0.25) is 0 Å². The molecule has 4 aromatic rings. The number of aryl methyl sites for hydroxylation is 5. The highest BCUT2D eigenvalue weighted by molar-refractivity contribution is 7.13. The molecule has 0 atom stereocenters. The second-order valence-corrected chi connectivity index (χ2v) is 12.4. The SMILES string of the molecule is CC.CC.CC.CC(=O)c1cnc(C(C)(C)C)s1.CC1=CCc2cc(C)nn2CC1.CCc1ccc(-c2ccnc(C)n2)cc1C. The van der Waals surface area contributed by atoms with E-state index < -0.39 is 0 Å². The lowest BCUT2D eigenvalue weighted by atomic mass is 9.98. The zero-order valence-corrected chi connectivity index (χ0v) is 32.3. The standard InChI is InChI=1S/C14H16N2.C10H14N2.C9H13NOS.3C2H6/c1-4-12-5-6-13(9-10(12)2)14-7-8-15-11(3)16-14;1-8-3-4-10-7-9(2)11-12(10)6-5-8;1-6(11)7-5-10-8(12-7)9(2,3)4;3*1-2/h5-9H,4H2,1-3H3;3,7H,4-6H2,1-2H3;5H,1-4H3;3*1-2H3. The van der Waals surface area contributed by atoms with E-state index in [4.69, 9.17) is 0 Å². The number of benzene rings is 1. The van der Waals surface area contributed by atoms with Gasteiger partial charge in [0.25, 0.3) is 0 Å². The summed E-state index contributed by atoms with van der Waals surface area (Å²) in [6.07, 6.45) is 9.05. The number of aromatic nitrogens is 5. The first-order valence-electron chi connectivity index (χ1n) is 16.9. The van der Waals surface area contributed by atoms with Crippen LogP contribution in [-0.2, 0) is 24.8 Å².